The molecule has 0 aromatic heterocycles. The maximum Gasteiger partial charge on any atom is 0.338 e. The number of carbonyl (C=O) groups excluding carboxylic acids is 1. The van der Waals surface area contributed by atoms with Crippen LogP contribution in [0.15, 0.2) is 54.6 Å². The van der Waals surface area contributed by atoms with E-state index in [1.165, 1.54) is 0 Å². The van der Waals surface area contributed by atoms with Crippen LogP contribution in [0, 0.1) is 5.92 Å². The van der Waals surface area contributed by atoms with Crippen molar-refractivity contribution in [2.75, 3.05) is 24.6 Å². The molecule has 4 heteroatoms. The summed E-state index contributed by atoms with van der Waals surface area (Å²) in [6.07, 6.45) is 3.13. The predicted octanol–water partition coefficient (Wildman–Crippen LogP) is 3.64. The zero-order chi connectivity index (χ0) is 17.5. The van der Waals surface area contributed by atoms with Gasteiger partial charge >= 0.3 is 5.97 Å². The first kappa shape index (κ1) is 17.5. The van der Waals surface area contributed by atoms with Crippen molar-refractivity contribution in [1.82, 2.24) is 0 Å². The number of piperidine rings is 1. The van der Waals surface area contributed by atoms with Crippen LogP contribution in [0.2, 0.25) is 0 Å². The SMILES string of the molecule is O=C(OCc1ccccc1)c1ccc(N2CCC(CCO)CC2)cc1. The van der Waals surface area contributed by atoms with Crippen LogP contribution in [0.4, 0.5) is 5.69 Å². The Bertz CT molecular complexity index is 661. The van der Waals surface area contributed by atoms with Crippen LogP contribution in [-0.4, -0.2) is 30.8 Å². The van der Waals surface area contributed by atoms with Gasteiger partial charge in [-0.25, -0.2) is 4.79 Å². The first-order chi connectivity index (χ1) is 12.3. The van der Waals surface area contributed by atoms with Gasteiger partial charge in [-0.05, 0) is 55.0 Å². The van der Waals surface area contributed by atoms with E-state index in [1.54, 1.807) is 0 Å². The highest BCUT2D eigenvalue weighted by Crippen LogP contribution is 2.25. The molecular formula is C21H25NO3. The zero-order valence-electron chi connectivity index (χ0n) is 14.4. The maximum absolute atomic E-state index is 12.2. The van der Waals surface area contributed by atoms with E-state index in [-0.39, 0.29) is 12.6 Å². The second-order valence-electron chi connectivity index (χ2n) is 6.55. The topological polar surface area (TPSA) is 49.8 Å². The third-order valence-electron chi connectivity index (χ3n) is 4.83. The molecule has 1 saturated heterocycles. The van der Waals surface area contributed by atoms with Gasteiger partial charge in [0.05, 0.1) is 5.56 Å². The molecule has 4 nitrogen and oxygen atoms in total. The van der Waals surface area contributed by atoms with Crippen molar-refractivity contribution in [1.29, 1.82) is 0 Å². The van der Waals surface area contributed by atoms with E-state index in [2.05, 4.69) is 4.90 Å². The maximum atomic E-state index is 12.2. The molecule has 1 aliphatic heterocycles. The molecule has 0 spiro atoms. The minimum atomic E-state index is -0.294. The average molecular weight is 339 g/mol. The molecule has 1 aliphatic rings. The Balaban J connectivity index is 1.52. The van der Waals surface area contributed by atoms with Crippen molar-refractivity contribution in [3.05, 3.63) is 65.7 Å². The van der Waals surface area contributed by atoms with Crippen molar-refractivity contribution in [2.45, 2.75) is 25.9 Å². The predicted molar refractivity (Wildman–Crippen MR) is 98.6 cm³/mol. The van der Waals surface area contributed by atoms with Gasteiger partial charge in [-0.2, -0.15) is 0 Å². The molecule has 1 fully saturated rings. The standard InChI is InChI=1S/C21H25NO3/c23-15-12-17-10-13-22(14-11-17)20-8-6-19(7-9-20)21(24)25-16-18-4-2-1-3-5-18/h1-9,17,23H,10-16H2. The number of anilines is 1. The van der Waals surface area contributed by atoms with E-state index in [0.29, 0.717) is 18.1 Å². The Morgan fingerprint density at radius 1 is 1.04 bits per heavy atom. The van der Waals surface area contributed by atoms with Gasteiger partial charge in [-0.1, -0.05) is 30.3 Å². The lowest BCUT2D eigenvalue weighted by atomic mass is 9.93. The second kappa shape index (κ2) is 8.67. The summed E-state index contributed by atoms with van der Waals surface area (Å²) in [7, 11) is 0. The minimum Gasteiger partial charge on any atom is -0.457 e. The Morgan fingerprint density at radius 3 is 2.36 bits per heavy atom. The van der Waals surface area contributed by atoms with E-state index in [1.807, 2.05) is 54.6 Å². The van der Waals surface area contributed by atoms with E-state index in [9.17, 15) is 4.79 Å². The van der Waals surface area contributed by atoms with Gasteiger partial charge in [0.25, 0.3) is 0 Å². The number of rotatable bonds is 6. The van der Waals surface area contributed by atoms with Crippen LogP contribution in [0.1, 0.15) is 35.2 Å². The van der Waals surface area contributed by atoms with E-state index in [0.717, 1.165) is 43.6 Å². The van der Waals surface area contributed by atoms with E-state index >= 15 is 0 Å². The van der Waals surface area contributed by atoms with Crippen molar-refractivity contribution in [2.24, 2.45) is 5.92 Å². The van der Waals surface area contributed by atoms with Crippen LogP contribution in [0.3, 0.4) is 0 Å². The lowest BCUT2D eigenvalue weighted by Gasteiger charge is -2.33. The monoisotopic (exact) mass is 339 g/mol. The lowest BCUT2D eigenvalue weighted by molar-refractivity contribution is 0.0472. The average Bonchev–Trinajstić information content (AvgIpc) is 2.68. The number of nitrogens with zero attached hydrogens (tertiary/aromatic N) is 1. The van der Waals surface area contributed by atoms with Gasteiger partial charge in [0.2, 0.25) is 0 Å². The number of hydrogen-bond acceptors (Lipinski definition) is 4. The van der Waals surface area contributed by atoms with Crippen LogP contribution < -0.4 is 4.90 Å². The van der Waals surface area contributed by atoms with Gasteiger partial charge in [0.15, 0.2) is 0 Å². The van der Waals surface area contributed by atoms with Crippen molar-refractivity contribution in [3.8, 4) is 0 Å². The van der Waals surface area contributed by atoms with Crippen LogP contribution >= 0.6 is 0 Å². The number of ether oxygens (including phenoxy) is 1. The molecule has 3 rings (SSSR count). The number of carbonyl (C=O) groups is 1. The number of hydrogen-bond donors (Lipinski definition) is 1. The normalized spacial score (nSPS) is 15.2. The van der Waals surface area contributed by atoms with Gasteiger partial charge in [0.1, 0.15) is 6.61 Å². The van der Waals surface area contributed by atoms with E-state index < -0.39 is 0 Å². The molecule has 2 aromatic rings. The fraction of sp³-hybridized carbons (Fsp3) is 0.381. The highest BCUT2D eigenvalue weighted by Gasteiger charge is 2.19. The first-order valence-corrected chi connectivity index (χ1v) is 8.93. The Morgan fingerprint density at radius 2 is 1.72 bits per heavy atom. The molecular weight excluding hydrogens is 314 g/mol. The summed E-state index contributed by atoms with van der Waals surface area (Å²) in [6, 6.07) is 17.3. The summed E-state index contributed by atoms with van der Waals surface area (Å²) >= 11 is 0. The highest BCUT2D eigenvalue weighted by molar-refractivity contribution is 5.89. The minimum absolute atomic E-state index is 0.282. The molecule has 1 N–H and O–H groups in total. The summed E-state index contributed by atoms with van der Waals surface area (Å²) in [4.78, 5) is 14.5. The van der Waals surface area contributed by atoms with Crippen LogP contribution in [-0.2, 0) is 11.3 Å². The summed E-state index contributed by atoms with van der Waals surface area (Å²) in [6.45, 7) is 2.58. The largest absolute Gasteiger partial charge is 0.457 e. The Kier molecular flexibility index (Phi) is 6.07. The molecule has 0 radical (unpaired) electrons. The molecule has 0 saturated carbocycles. The molecule has 1 heterocycles. The molecule has 0 amide bonds. The molecule has 0 bridgehead atoms. The Hall–Kier alpha value is -2.33. The summed E-state index contributed by atoms with van der Waals surface area (Å²) in [5.74, 6) is 0.338. The summed E-state index contributed by atoms with van der Waals surface area (Å²) < 4.78 is 5.36. The molecule has 0 unspecified atom stereocenters. The number of aliphatic hydroxyl groups is 1. The van der Waals surface area contributed by atoms with Gasteiger partial charge in [-0.15, -0.1) is 0 Å². The van der Waals surface area contributed by atoms with Crippen LogP contribution in [0.5, 0.6) is 0 Å². The lowest BCUT2D eigenvalue weighted by Crippen LogP contribution is -2.33. The molecule has 2 aromatic carbocycles. The molecule has 132 valence electrons. The molecule has 0 atom stereocenters. The number of benzene rings is 2. The molecule has 25 heavy (non-hydrogen) atoms. The van der Waals surface area contributed by atoms with Crippen molar-refractivity contribution in [3.63, 3.8) is 0 Å². The number of esters is 1. The van der Waals surface area contributed by atoms with Gasteiger partial charge < -0.3 is 14.7 Å². The molecule has 0 aliphatic carbocycles. The van der Waals surface area contributed by atoms with Crippen LogP contribution in [0.25, 0.3) is 0 Å². The second-order valence-corrected chi connectivity index (χ2v) is 6.55. The summed E-state index contributed by atoms with van der Waals surface area (Å²) in [5, 5.41) is 9.04. The third kappa shape index (κ3) is 4.83. The third-order valence-corrected chi connectivity index (χ3v) is 4.83. The first-order valence-electron chi connectivity index (χ1n) is 8.93. The Labute approximate surface area is 149 Å². The highest BCUT2D eigenvalue weighted by atomic mass is 16.5. The number of aliphatic hydroxyl groups excluding tert-OH is 1. The fourth-order valence-corrected chi connectivity index (χ4v) is 3.28. The quantitative estimate of drug-likeness (QED) is 0.816. The van der Waals surface area contributed by atoms with Crippen molar-refractivity contribution >= 4 is 11.7 Å². The van der Waals surface area contributed by atoms with Gasteiger partial charge in [0, 0.05) is 25.4 Å². The van der Waals surface area contributed by atoms with Gasteiger partial charge in [-0.3, -0.25) is 0 Å². The fourth-order valence-electron chi connectivity index (χ4n) is 3.28. The van der Waals surface area contributed by atoms with E-state index in [4.69, 9.17) is 9.84 Å². The zero-order valence-corrected chi connectivity index (χ0v) is 14.4. The smallest absolute Gasteiger partial charge is 0.338 e. The summed E-state index contributed by atoms with van der Waals surface area (Å²) in [5.41, 5.74) is 2.70. The van der Waals surface area contributed by atoms with Crippen molar-refractivity contribution < 1.29 is 14.6 Å².